The van der Waals surface area contributed by atoms with Crippen LogP contribution in [0.3, 0.4) is 0 Å². The predicted octanol–water partition coefficient (Wildman–Crippen LogP) is 4.34. The minimum absolute atomic E-state index is 0. The van der Waals surface area contributed by atoms with Crippen molar-refractivity contribution in [2.45, 2.75) is 6.18 Å². The zero-order valence-electron chi connectivity index (χ0n) is 15.2. The number of nitrogens with zero attached hydrogens (tertiary/aromatic N) is 2. The van der Waals surface area contributed by atoms with Gasteiger partial charge >= 0.3 is 6.18 Å². The Bertz CT molecular complexity index is 993. The summed E-state index contributed by atoms with van der Waals surface area (Å²) in [6.07, 6.45) is -2.95. The molecule has 30 heavy (non-hydrogen) atoms. The molecule has 8 nitrogen and oxygen atoms in total. The second-order valence-electron chi connectivity index (χ2n) is 5.05. The van der Waals surface area contributed by atoms with Crippen molar-refractivity contribution in [1.29, 1.82) is 0 Å². The van der Waals surface area contributed by atoms with E-state index < -0.39 is 22.4 Å². The minimum Gasteiger partial charge on any atom is -0.696 e. The second kappa shape index (κ2) is 12.4. The molecule has 1 aromatic heterocycles. The zero-order chi connectivity index (χ0) is 20.2. The number of nitrogens with one attached hydrogen (secondary N) is 1. The van der Waals surface area contributed by atoms with Crippen LogP contribution in [0.2, 0.25) is 5.02 Å². The number of benzene rings is 2. The standard InChI is InChI=1S/C10H8ClN2O.C7H3F3NO2.2H2O.Sc/c1-14-8-4-5-13-10-6(8)2-3-7(11)9(10)12;8-7(9,10)5-2-1-3-6(4-5)11(12)13;;;/h2-5,12H,1H3;1-2,4H;2*1H2;/q2*-1;;;. The molecule has 0 aliphatic heterocycles. The maximum absolute atomic E-state index is 12.0. The molecule has 1 heterocycles. The zero-order valence-corrected chi connectivity index (χ0v) is 17.8. The Balaban J connectivity index is 0. The first-order valence-electron chi connectivity index (χ1n) is 7.21. The summed E-state index contributed by atoms with van der Waals surface area (Å²) in [4.78, 5) is 13.3. The average molecular weight is 479 g/mol. The van der Waals surface area contributed by atoms with Gasteiger partial charge in [-0.1, -0.05) is 23.4 Å². The summed E-state index contributed by atoms with van der Waals surface area (Å²) in [6.45, 7) is 0. The topological polar surface area (TPSA) is 152 Å². The number of nitro groups is 1. The monoisotopic (exact) mass is 478 g/mol. The number of hydrogen-bond acceptors (Lipinski definition) is 4. The number of nitro benzene ring substituents is 1. The van der Waals surface area contributed by atoms with Crippen LogP contribution in [-0.4, -0.2) is 28.0 Å². The Kier molecular flexibility index (Phi) is 12.4. The van der Waals surface area contributed by atoms with Crippen molar-refractivity contribution in [3.63, 3.8) is 0 Å². The molecule has 0 unspecified atom stereocenters. The predicted molar refractivity (Wildman–Crippen MR) is 101 cm³/mol. The number of methoxy groups -OCH3 is 1. The van der Waals surface area contributed by atoms with Gasteiger partial charge in [-0.3, -0.25) is 15.1 Å². The molecule has 13 heteroatoms. The molecule has 0 aliphatic rings. The van der Waals surface area contributed by atoms with Crippen molar-refractivity contribution in [2.75, 3.05) is 7.11 Å². The third-order valence-electron chi connectivity index (χ3n) is 3.35. The Morgan fingerprint density at radius 1 is 1.23 bits per heavy atom. The fourth-order valence-electron chi connectivity index (χ4n) is 2.08. The van der Waals surface area contributed by atoms with Crippen LogP contribution in [0.4, 0.5) is 24.5 Å². The van der Waals surface area contributed by atoms with Gasteiger partial charge < -0.3 is 21.4 Å². The molecule has 0 aliphatic carbocycles. The molecule has 0 saturated carbocycles. The van der Waals surface area contributed by atoms with Crippen LogP contribution < -0.4 is 4.74 Å². The summed E-state index contributed by atoms with van der Waals surface area (Å²) >= 11 is 5.81. The fourth-order valence-corrected chi connectivity index (χ4v) is 2.23. The Morgan fingerprint density at radius 3 is 2.40 bits per heavy atom. The molecule has 5 N–H and O–H groups in total. The summed E-state index contributed by atoms with van der Waals surface area (Å²) in [5.41, 5.74) is 6.79. The number of hydrogen-bond donors (Lipinski definition) is 0. The van der Waals surface area contributed by atoms with Gasteiger partial charge in [-0.2, -0.15) is 25.3 Å². The fraction of sp³-hybridized carbons (Fsp3) is 0.118. The normalized spacial score (nSPS) is 9.77. The van der Waals surface area contributed by atoms with Crippen LogP contribution in [0.25, 0.3) is 16.6 Å². The van der Waals surface area contributed by atoms with Gasteiger partial charge in [0, 0.05) is 47.4 Å². The molecule has 3 aromatic rings. The van der Waals surface area contributed by atoms with Crippen molar-refractivity contribution < 1.29 is 59.6 Å². The first-order chi connectivity index (χ1) is 12.6. The summed E-state index contributed by atoms with van der Waals surface area (Å²) in [6, 6.07) is 9.37. The Labute approximate surface area is 192 Å². The summed E-state index contributed by atoms with van der Waals surface area (Å²) < 4.78 is 41.1. The van der Waals surface area contributed by atoms with E-state index in [0.717, 1.165) is 17.5 Å². The van der Waals surface area contributed by atoms with Crippen LogP contribution in [0.1, 0.15) is 5.56 Å². The third kappa shape index (κ3) is 7.20. The van der Waals surface area contributed by atoms with E-state index >= 15 is 0 Å². The number of fused-ring (bicyclic) bond motifs is 1. The quantitative estimate of drug-likeness (QED) is 0.305. The first-order valence-corrected chi connectivity index (χ1v) is 7.59. The SMILES string of the molecule is COc1ccnc2c([NH-])c(Cl)ccc12.O.O.O=[N+]([O-])c1[c-]ccc(C(F)(F)F)c1.[Sc]. The Morgan fingerprint density at radius 2 is 1.87 bits per heavy atom. The van der Waals surface area contributed by atoms with Crippen molar-refractivity contribution in [1.82, 2.24) is 4.98 Å². The van der Waals surface area contributed by atoms with Gasteiger partial charge in [-0.05, 0) is 23.8 Å². The van der Waals surface area contributed by atoms with E-state index in [4.69, 9.17) is 22.1 Å². The largest absolute Gasteiger partial charge is 0.696 e. The van der Waals surface area contributed by atoms with E-state index in [1.54, 1.807) is 25.4 Å². The van der Waals surface area contributed by atoms with Crippen LogP contribution in [0.15, 0.2) is 42.6 Å². The second-order valence-corrected chi connectivity index (χ2v) is 5.46. The van der Waals surface area contributed by atoms with Gasteiger partial charge in [-0.25, -0.2) is 0 Å². The van der Waals surface area contributed by atoms with E-state index in [1.807, 2.05) is 6.07 Å². The molecule has 161 valence electrons. The average Bonchev–Trinajstić information content (AvgIpc) is 2.64. The summed E-state index contributed by atoms with van der Waals surface area (Å²) in [7, 11) is 1.59. The maximum atomic E-state index is 12.0. The minimum atomic E-state index is -4.56. The number of non-ortho nitro benzene ring substituents is 1. The van der Waals surface area contributed by atoms with Gasteiger partial charge in [0.25, 0.3) is 0 Å². The molecular weight excluding hydrogens is 464 g/mol. The molecule has 0 spiro atoms. The van der Waals surface area contributed by atoms with Crippen molar-refractivity contribution in [3.05, 3.63) is 75.1 Å². The number of rotatable bonds is 2. The van der Waals surface area contributed by atoms with Crippen LogP contribution in [0, 0.1) is 16.2 Å². The van der Waals surface area contributed by atoms with E-state index in [9.17, 15) is 23.3 Å². The molecule has 0 saturated heterocycles. The molecule has 1 radical (unpaired) electrons. The van der Waals surface area contributed by atoms with Crippen molar-refractivity contribution >= 4 is 33.9 Å². The maximum Gasteiger partial charge on any atom is 0.395 e. The number of alkyl halides is 3. The third-order valence-corrected chi connectivity index (χ3v) is 3.67. The van der Waals surface area contributed by atoms with Crippen molar-refractivity contribution in [3.8, 4) is 5.75 Å². The van der Waals surface area contributed by atoms with Crippen LogP contribution in [-0.2, 0) is 32.0 Å². The first kappa shape index (κ1) is 29.9. The molecule has 0 fully saturated rings. The van der Waals surface area contributed by atoms with E-state index in [0.29, 0.717) is 22.4 Å². The smallest absolute Gasteiger partial charge is 0.395 e. The summed E-state index contributed by atoms with van der Waals surface area (Å²) in [5.74, 6) is 0.708. The number of halogens is 4. The van der Waals surface area contributed by atoms with Gasteiger partial charge in [0.15, 0.2) is 5.69 Å². The molecular formula is C17H15ClF3N3O5Sc-2. The molecule has 0 atom stereocenters. The van der Waals surface area contributed by atoms with E-state index in [1.165, 1.54) is 0 Å². The van der Waals surface area contributed by atoms with Gasteiger partial charge in [0.2, 0.25) is 0 Å². The number of aromatic nitrogens is 1. The Hall–Kier alpha value is -2.28. The number of pyridine rings is 1. The van der Waals surface area contributed by atoms with Crippen molar-refractivity contribution in [2.24, 2.45) is 0 Å². The van der Waals surface area contributed by atoms with Gasteiger partial charge in [-0.15, -0.1) is 6.07 Å². The van der Waals surface area contributed by atoms with Crippen LogP contribution >= 0.6 is 11.6 Å². The molecule has 0 amide bonds. The summed E-state index contributed by atoms with van der Waals surface area (Å²) in [5, 5.41) is 11.3. The van der Waals surface area contributed by atoms with E-state index in [2.05, 4.69) is 11.1 Å². The molecule has 2 aromatic carbocycles. The van der Waals surface area contributed by atoms with Gasteiger partial charge in [0.05, 0.1) is 12.6 Å². The molecule has 0 bridgehead atoms. The van der Waals surface area contributed by atoms with Crippen LogP contribution in [0.5, 0.6) is 5.75 Å². The van der Waals surface area contributed by atoms with Gasteiger partial charge in [0.1, 0.15) is 5.75 Å². The molecule has 3 rings (SSSR count). The number of ether oxygens (including phenoxy) is 1. The van der Waals surface area contributed by atoms with E-state index in [-0.39, 0.29) is 42.5 Å².